The molecule has 1 heteroatoms. The summed E-state index contributed by atoms with van der Waals surface area (Å²) in [4.78, 5) is 11.1. The van der Waals surface area contributed by atoms with E-state index < -0.39 is 25.0 Å². The van der Waals surface area contributed by atoms with E-state index in [1.807, 2.05) is 0 Å². The van der Waals surface area contributed by atoms with Crippen LogP contribution in [-0.4, -0.2) is 5.78 Å². The molecule has 1 fully saturated rings. The molecule has 52 valence electrons. The lowest BCUT2D eigenvalue weighted by Gasteiger charge is -2.17. The average molecular weight is 132 g/mol. The van der Waals surface area contributed by atoms with E-state index in [4.69, 9.17) is 8.22 Å². The van der Waals surface area contributed by atoms with Crippen molar-refractivity contribution in [3.63, 3.8) is 0 Å². The number of hydrogen-bond acceptors (Lipinski definition) is 1. The number of hydrogen-bond donors (Lipinski definition) is 0. The molecule has 0 aromatic heterocycles. The van der Waals surface area contributed by atoms with E-state index in [9.17, 15) is 4.79 Å². The third-order valence-electron chi connectivity index (χ3n) is 1.45. The highest BCUT2D eigenvalue weighted by molar-refractivity contribution is 5.78. The fraction of sp³-hybridized carbons (Fsp3) is 0.875. The summed E-state index contributed by atoms with van der Waals surface area (Å²) in [7, 11) is 0. The van der Waals surface area contributed by atoms with E-state index >= 15 is 0 Å². The van der Waals surface area contributed by atoms with Crippen molar-refractivity contribution >= 4 is 5.78 Å². The highest BCUT2D eigenvalue weighted by atomic mass is 16.1. The lowest BCUT2D eigenvalue weighted by atomic mass is 9.87. The molecule has 1 aliphatic carbocycles. The summed E-state index contributed by atoms with van der Waals surface area (Å²) in [5.41, 5.74) is 0. The molecule has 0 bridgehead atoms. The van der Waals surface area contributed by atoms with Crippen molar-refractivity contribution in [2.24, 2.45) is 5.92 Å². The van der Waals surface area contributed by atoms with Gasteiger partial charge in [0.05, 0.1) is 0 Å². The van der Waals surface area contributed by atoms with Gasteiger partial charge in [0, 0.05) is 14.1 Å². The molecule has 0 N–H and O–H groups in total. The Bertz CT molecular complexity index is 265. The molecule has 0 spiro atoms. The summed E-state index contributed by atoms with van der Waals surface area (Å²) in [6.45, 7) is 1.29. The van der Waals surface area contributed by atoms with Gasteiger partial charge in [-0.15, -0.1) is 0 Å². The van der Waals surface area contributed by atoms with Gasteiger partial charge in [-0.1, -0.05) is 19.1 Å². The molecule has 9 heavy (non-hydrogen) atoms. The van der Waals surface area contributed by atoms with Crippen LogP contribution < -0.4 is 0 Å². The largest absolute Gasteiger partial charge is 0.300 e. The molecule has 1 saturated carbocycles. The van der Waals surface area contributed by atoms with Gasteiger partial charge in [0.25, 0.3) is 0 Å². The van der Waals surface area contributed by atoms with Gasteiger partial charge in [-0.25, -0.2) is 0 Å². The van der Waals surface area contributed by atoms with E-state index in [1.54, 1.807) is 0 Å². The zero-order chi connectivity index (χ0) is 12.1. The molecule has 0 aromatic rings. The van der Waals surface area contributed by atoms with Crippen LogP contribution in [0, 0.1) is 5.92 Å². The van der Waals surface area contributed by atoms with E-state index in [0.29, 0.717) is 0 Å². The van der Waals surface area contributed by atoms with Crippen molar-refractivity contribution in [3.8, 4) is 0 Å². The van der Waals surface area contributed by atoms with Gasteiger partial charge in [0.2, 0.25) is 0 Å². The van der Waals surface area contributed by atoms with E-state index in [1.165, 1.54) is 6.92 Å². The first-order chi connectivity index (χ1) is 6.51. The number of carbonyl (C=O) groups is 1. The third kappa shape index (κ3) is 1.81. The Morgan fingerprint density at radius 2 is 2.00 bits per heavy atom. The molecule has 1 nitrogen and oxygen atoms in total. The average Bonchev–Trinajstić information content (AvgIpc) is 1.99. The van der Waals surface area contributed by atoms with Crippen molar-refractivity contribution in [2.45, 2.75) is 38.9 Å². The standard InChI is InChI=1S/C8H14O/c1-7(9)8-5-3-2-4-6-8/h8H,2-6H2,1H3/i2D2,3D2,4D2. The van der Waals surface area contributed by atoms with Gasteiger partial charge in [0.1, 0.15) is 5.78 Å². The van der Waals surface area contributed by atoms with Gasteiger partial charge in [-0.3, -0.25) is 4.79 Å². The van der Waals surface area contributed by atoms with Gasteiger partial charge in [-0.05, 0) is 19.8 Å². The summed E-state index contributed by atoms with van der Waals surface area (Å²) in [6.07, 6.45) is -7.63. The van der Waals surface area contributed by atoms with Gasteiger partial charge >= 0.3 is 0 Å². The van der Waals surface area contributed by atoms with Crippen molar-refractivity contribution in [3.05, 3.63) is 0 Å². The normalized spacial score (nSPS) is 48.6. The molecule has 0 unspecified atom stereocenters. The second-order valence-electron chi connectivity index (χ2n) is 2.19. The number of Topliss-reactive ketones (excluding diaryl/α,β-unsaturated/α-hetero) is 1. The maximum absolute atomic E-state index is 11.1. The molecule has 0 saturated heterocycles. The lowest BCUT2D eigenvalue weighted by molar-refractivity contribution is -0.121. The first-order valence-electron chi connectivity index (χ1n) is 6.02. The molecule has 1 rings (SSSR count). The molecular formula is C8H14O. The highest BCUT2D eigenvalue weighted by Crippen LogP contribution is 2.23. The Balaban J connectivity index is 3.07. The third-order valence-corrected chi connectivity index (χ3v) is 1.45. The maximum atomic E-state index is 11.1. The summed E-state index contributed by atoms with van der Waals surface area (Å²) >= 11 is 0. The molecule has 0 radical (unpaired) electrons. The minimum Gasteiger partial charge on any atom is -0.300 e. The van der Waals surface area contributed by atoms with Crippen molar-refractivity contribution in [1.82, 2.24) is 0 Å². The van der Waals surface area contributed by atoms with Crippen LogP contribution in [0.1, 0.15) is 47.1 Å². The highest BCUT2D eigenvalue weighted by Gasteiger charge is 2.16. The summed E-state index contributed by atoms with van der Waals surface area (Å²) in [5, 5.41) is 0. The molecule has 0 amide bonds. The minimum absolute atomic E-state index is 0.241. The van der Waals surface area contributed by atoms with Crippen LogP contribution >= 0.6 is 0 Å². The van der Waals surface area contributed by atoms with E-state index in [0.717, 1.165) is 0 Å². The lowest BCUT2D eigenvalue weighted by Crippen LogP contribution is -2.13. The molecule has 0 aromatic carbocycles. The first-order valence-corrected chi connectivity index (χ1v) is 3.02. The number of carbonyl (C=O) groups excluding carboxylic acids is 1. The predicted octanol–water partition coefficient (Wildman–Crippen LogP) is 2.16. The van der Waals surface area contributed by atoms with Crippen LogP contribution in [0.25, 0.3) is 0 Å². The van der Waals surface area contributed by atoms with Crippen LogP contribution in [0.5, 0.6) is 0 Å². The SMILES string of the molecule is [2H]C1([2H])CC(C(C)=O)CC([2H])([2H])C1([2H])[2H]. The Morgan fingerprint density at radius 3 is 2.44 bits per heavy atom. The van der Waals surface area contributed by atoms with E-state index in [-0.39, 0.29) is 18.6 Å². The molecule has 1 aliphatic rings. The quantitative estimate of drug-likeness (QED) is 0.534. The number of rotatable bonds is 1. The maximum Gasteiger partial charge on any atom is 0.132 e. The Hall–Kier alpha value is -0.330. The first kappa shape index (κ1) is 2.37. The summed E-state index contributed by atoms with van der Waals surface area (Å²) < 4.78 is 45.0. The monoisotopic (exact) mass is 132 g/mol. The molecular weight excluding hydrogens is 112 g/mol. The molecule has 0 atom stereocenters. The van der Waals surface area contributed by atoms with Crippen molar-refractivity contribution in [2.75, 3.05) is 0 Å². The van der Waals surface area contributed by atoms with Crippen LogP contribution in [-0.2, 0) is 4.79 Å². The van der Waals surface area contributed by atoms with Crippen LogP contribution in [0.2, 0.25) is 0 Å². The fourth-order valence-electron chi connectivity index (χ4n) is 0.771. The Labute approximate surface area is 64.9 Å². The molecule has 0 heterocycles. The van der Waals surface area contributed by atoms with Crippen molar-refractivity contribution < 1.29 is 13.0 Å². The summed E-state index contributed by atoms with van der Waals surface area (Å²) in [6, 6.07) is 0. The van der Waals surface area contributed by atoms with Crippen LogP contribution in [0.3, 0.4) is 0 Å². The van der Waals surface area contributed by atoms with Crippen molar-refractivity contribution in [1.29, 1.82) is 0 Å². The fourth-order valence-corrected chi connectivity index (χ4v) is 0.771. The minimum atomic E-state index is -2.55. The summed E-state index contributed by atoms with van der Waals surface area (Å²) in [5.74, 6) is -1.00. The second-order valence-corrected chi connectivity index (χ2v) is 2.19. The van der Waals surface area contributed by atoms with Crippen LogP contribution in [0.15, 0.2) is 0 Å². The smallest absolute Gasteiger partial charge is 0.132 e. The zero-order valence-electron chi connectivity index (χ0n) is 11.4. The van der Waals surface area contributed by atoms with Gasteiger partial charge < -0.3 is 0 Å². The van der Waals surface area contributed by atoms with E-state index in [2.05, 4.69) is 0 Å². The van der Waals surface area contributed by atoms with Crippen LogP contribution in [0.4, 0.5) is 0 Å². The van der Waals surface area contributed by atoms with Gasteiger partial charge in [-0.2, -0.15) is 0 Å². The molecule has 0 aliphatic heterocycles. The Morgan fingerprint density at radius 1 is 1.44 bits per heavy atom. The Kier molecular flexibility index (Phi) is 0.789. The predicted molar refractivity (Wildman–Crippen MR) is 37.3 cm³/mol. The second kappa shape index (κ2) is 3.00. The topological polar surface area (TPSA) is 17.1 Å². The number of ketones is 1. The van der Waals surface area contributed by atoms with Gasteiger partial charge in [0.15, 0.2) is 0 Å². The zero-order valence-corrected chi connectivity index (χ0v) is 5.40.